The Labute approximate surface area is 204 Å². The van der Waals surface area contributed by atoms with E-state index >= 15 is 0 Å². The third kappa shape index (κ3) is 4.72. The molecule has 1 amide bonds. The fraction of sp³-hybridized carbons (Fsp3) is 0.0833. The fourth-order valence-corrected chi connectivity index (χ4v) is 4.62. The minimum absolute atomic E-state index is 0.146. The van der Waals surface area contributed by atoms with Crippen molar-refractivity contribution in [2.45, 2.75) is 17.9 Å². The number of benzene rings is 3. The highest BCUT2D eigenvalue weighted by Gasteiger charge is 2.30. The zero-order valence-corrected chi connectivity index (χ0v) is 19.6. The predicted octanol–water partition coefficient (Wildman–Crippen LogP) is 2.95. The number of rotatable bonds is 5. The Morgan fingerprint density at radius 3 is 2.14 bits per heavy atom. The van der Waals surface area contributed by atoms with Crippen LogP contribution in [0.1, 0.15) is 49.1 Å². The van der Waals surface area contributed by atoms with Gasteiger partial charge in [-0.15, -0.1) is 0 Å². The second kappa shape index (κ2) is 9.06. The molecule has 11 heteroatoms. The molecule has 178 valence electrons. The van der Waals surface area contributed by atoms with Gasteiger partial charge in [0.1, 0.15) is 4.90 Å². The van der Waals surface area contributed by atoms with Gasteiger partial charge < -0.3 is 10.1 Å². The molecule has 4 rings (SSSR count). The van der Waals surface area contributed by atoms with E-state index in [9.17, 15) is 27.6 Å². The lowest BCUT2D eigenvalue weighted by Gasteiger charge is -2.19. The van der Waals surface area contributed by atoms with Crippen LogP contribution in [0.2, 0.25) is 5.02 Å². The summed E-state index contributed by atoms with van der Waals surface area (Å²) in [7, 11) is -4.18. The quantitative estimate of drug-likeness (QED) is 0.390. The van der Waals surface area contributed by atoms with Crippen LogP contribution < -0.4 is 10.5 Å². The molecular weight excluding hydrogens is 496 g/mol. The maximum Gasteiger partial charge on any atom is 0.338 e. The van der Waals surface area contributed by atoms with Crippen LogP contribution in [0.25, 0.3) is 0 Å². The van der Waals surface area contributed by atoms with Crippen molar-refractivity contribution in [2.75, 3.05) is 5.32 Å². The van der Waals surface area contributed by atoms with Gasteiger partial charge in [0.05, 0.1) is 10.6 Å². The maximum atomic E-state index is 12.9. The molecule has 3 aromatic rings. The molecule has 0 aliphatic heterocycles. The Morgan fingerprint density at radius 1 is 0.914 bits per heavy atom. The zero-order valence-electron chi connectivity index (χ0n) is 18.1. The summed E-state index contributed by atoms with van der Waals surface area (Å²) in [5, 5.41) is 7.45. The first-order valence-electron chi connectivity index (χ1n) is 10.1. The van der Waals surface area contributed by atoms with Gasteiger partial charge >= 0.3 is 5.97 Å². The summed E-state index contributed by atoms with van der Waals surface area (Å²) in [5.41, 5.74) is 1.01. The number of carbonyl (C=O) groups excluding carboxylic acids is 4. The predicted molar refractivity (Wildman–Crippen MR) is 126 cm³/mol. The number of ether oxygens (including phenoxy) is 1. The fourth-order valence-electron chi connectivity index (χ4n) is 3.55. The van der Waals surface area contributed by atoms with E-state index in [1.54, 1.807) is 24.3 Å². The van der Waals surface area contributed by atoms with Crippen LogP contribution in [0, 0.1) is 0 Å². The molecule has 0 saturated carbocycles. The number of amides is 1. The second-order valence-electron chi connectivity index (χ2n) is 7.69. The van der Waals surface area contributed by atoms with Gasteiger partial charge in [0, 0.05) is 27.9 Å². The molecule has 0 radical (unpaired) electrons. The number of nitrogens with one attached hydrogen (secondary N) is 1. The number of anilines is 1. The molecule has 35 heavy (non-hydrogen) atoms. The Balaban J connectivity index is 1.49. The van der Waals surface area contributed by atoms with Crippen LogP contribution in [0.3, 0.4) is 0 Å². The molecule has 1 aliphatic rings. The molecule has 0 saturated heterocycles. The van der Waals surface area contributed by atoms with Crippen LogP contribution in [0.15, 0.2) is 65.6 Å². The number of esters is 1. The van der Waals surface area contributed by atoms with Crippen molar-refractivity contribution >= 4 is 50.8 Å². The third-order valence-electron chi connectivity index (χ3n) is 5.32. The van der Waals surface area contributed by atoms with Crippen molar-refractivity contribution in [2.24, 2.45) is 5.14 Å². The smallest absolute Gasteiger partial charge is 0.338 e. The first-order valence-corrected chi connectivity index (χ1v) is 12.1. The minimum Gasteiger partial charge on any atom is -0.449 e. The zero-order chi connectivity index (χ0) is 25.5. The van der Waals surface area contributed by atoms with Gasteiger partial charge in [-0.05, 0) is 43.3 Å². The second-order valence-corrected chi connectivity index (χ2v) is 9.63. The number of nitrogens with two attached hydrogens (primary N) is 1. The summed E-state index contributed by atoms with van der Waals surface area (Å²) in [6.45, 7) is 1.31. The first kappa shape index (κ1) is 24.3. The molecule has 0 spiro atoms. The van der Waals surface area contributed by atoms with Crippen LogP contribution in [-0.4, -0.2) is 38.0 Å². The molecule has 9 nitrogen and oxygen atoms in total. The molecule has 1 aliphatic carbocycles. The number of primary sulfonamides is 1. The average molecular weight is 513 g/mol. The molecule has 1 unspecified atom stereocenters. The molecule has 0 fully saturated rings. The van der Waals surface area contributed by atoms with Gasteiger partial charge in [-0.3, -0.25) is 14.4 Å². The molecule has 1 atom stereocenters. The number of hydrogen-bond acceptors (Lipinski definition) is 7. The number of ketones is 2. The van der Waals surface area contributed by atoms with Crippen molar-refractivity contribution in [1.29, 1.82) is 0 Å². The van der Waals surface area contributed by atoms with Crippen LogP contribution >= 0.6 is 11.6 Å². The molecule has 0 heterocycles. The third-order valence-corrected chi connectivity index (χ3v) is 6.71. The standard InChI is InChI=1S/C24H17ClN2O7S/c1-12(34-24(31)13-6-9-19(25)20(10-13)35(26,32)33)23(30)27-14-7-8-17-18(11-14)22(29)16-5-3-2-4-15(16)21(17)28/h2-12H,1H3,(H,27,30)(H2,26,32,33). The summed E-state index contributed by atoms with van der Waals surface area (Å²) in [4.78, 5) is 50.1. The highest BCUT2D eigenvalue weighted by molar-refractivity contribution is 7.89. The Hall–Kier alpha value is -3.86. The summed E-state index contributed by atoms with van der Waals surface area (Å²) in [5.74, 6) is -2.33. The highest BCUT2D eigenvalue weighted by atomic mass is 35.5. The van der Waals surface area contributed by atoms with Gasteiger partial charge in [-0.2, -0.15) is 0 Å². The average Bonchev–Trinajstić information content (AvgIpc) is 2.82. The minimum atomic E-state index is -4.18. The van der Waals surface area contributed by atoms with E-state index in [0.717, 1.165) is 6.07 Å². The van der Waals surface area contributed by atoms with Gasteiger partial charge in [-0.1, -0.05) is 35.9 Å². The van der Waals surface area contributed by atoms with Crippen molar-refractivity contribution in [3.8, 4) is 0 Å². The maximum absolute atomic E-state index is 12.9. The normalized spacial score (nSPS) is 13.5. The van der Waals surface area contributed by atoms with E-state index in [4.69, 9.17) is 21.5 Å². The van der Waals surface area contributed by atoms with Gasteiger partial charge in [0.2, 0.25) is 10.0 Å². The monoisotopic (exact) mass is 512 g/mol. The first-order chi connectivity index (χ1) is 16.5. The Bertz CT molecular complexity index is 1530. The number of halogens is 1. The number of hydrogen-bond donors (Lipinski definition) is 2. The summed E-state index contributed by atoms with van der Waals surface area (Å²) < 4.78 is 28.3. The Kier molecular flexibility index (Phi) is 6.28. The van der Waals surface area contributed by atoms with Crippen LogP contribution in [0.4, 0.5) is 5.69 Å². The lowest BCUT2D eigenvalue weighted by atomic mass is 9.84. The number of carbonyl (C=O) groups is 4. The van der Waals surface area contributed by atoms with E-state index in [-0.39, 0.29) is 44.5 Å². The van der Waals surface area contributed by atoms with Crippen LogP contribution in [0.5, 0.6) is 0 Å². The van der Waals surface area contributed by atoms with Crippen molar-refractivity contribution in [1.82, 2.24) is 0 Å². The topological polar surface area (TPSA) is 150 Å². The molecule has 0 aromatic heterocycles. The molecule has 3 aromatic carbocycles. The SMILES string of the molecule is CC(OC(=O)c1ccc(Cl)c(S(N)(=O)=O)c1)C(=O)Nc1ccc2c(c1)C(=O)c1ccccc1C2=O. The van der Waals surface area contributed by atoms with E-state index in [0.29, 0.717) is 5.56 Å². The van der Waals surface area contributed by atoms with Gasteiger partial charge in [0.15, 0.2) is 17.7 Å². The molecule has 3 N–H and O–H groups in total. The van der Waals surface area contributed by atoms with E-state index in [1.165, 1.54) is 37.3 Å². The van der Waals surface area contributed by atoms with E-state index in [1.807, 2.05) is 0 Å². The van der Waals surface area contributed by atoms with E-state index in [2.05, 4.69) is 5.32 Å². The number of fused-ring (bicyclic) bond motifs is 2. The summed E-state index contributed by atoms with van der Waals surface area (Å²) in [6.07, 6.45) is -1.29. The van der Waals surface area contributed by atoms with Crippen molar-refractivity contribution in [3.05, 3.63) is 93.5 Å². The molecule has 0 bridgehead atoms. The highest BCUT2D eigenvalue weighted by Crippen LogP contribution is 2.29. The van der Waals surface area contributed by atoms with Crippen molar-refractivity contribution < 1.29 is 32.3 Å². The van der Waals surface area contributed by atoms with Crippen molar-refractivity contribution in [3.63, 3.8) is 0 Å². The van der Waals surface area contributed by atoms with Crippen LogP contribution in [-0.2, 0) is 19.6 Å². The lowest BCUT2D eigenvalue weighted by Crippen LogP contribution is -2.30. The largest absolute Gasteiger partial charge is 0.449 e. The van der Waals surface area contributed by atoms with Gasteiger partial charge in [-0.25, -0.2) is 18.4 Å². The number of sulfonamides is 1. The Morgan fingerprint density at radius 2 is 1.51 bits per heavy atom. The van der Waals surface area contributed by atoms with Gasteiger partial charge in [0.25, 0.3) is 5.91 Å². The summed E-state index contributed by atoms with van der Waals surface area (Å²) in [6, 6.07) is 14.1. The molecular formula is C24H17ClN2O7S. The summed E-state index contributed by atoms with van der Waals surface area (Å²) >= 11 is 5.81. The van der Waals surface area contributed by atoms with E-state index < -0.39 is 32.9 Å². The lowest BCUT2D eigenvalue weighted by molar-refractivity contribution is -0.123.